The molecule has 1 heterocycles. The number of amides is 1. The van der Waals surface area contributed by atoms with Crippen LogP contribution in [0.3, 0.4) is 0 Å². The van der Waals surface area contributed by atoms with E-state index in [1.807, 2.05) is 20.8 Å². The van der Waals surface area contributed by atoms with Crippen molar-refractivity contribution in [3.05, 3.63) is 11.3 Å². The fraction of sp³-hybridized carbons (Fsp3) is 0.571. The Morgan fingerprint density at radius 1 is 1.55 bits per heavy atom. The minimum absolute atomic E-state index is 0.0856. The molecule has 0 saturated carbocycles. The van der Waals surface area contributed by atoms with Crippen LogP contribution in [-0.2, 0) is 4.79 Å². The Bertz CT molecular complexity index is 189. The first-order valence-corrected chi connectivity index (χ1v) is 4.16. The lowest BCUT2D eigenvalue weighted by atomic mass is 10.3. The standard InChI is InChI=1S/C5H9N2OP.C2H6/c1-3-2-7(9)5(8)4(3)6;1-2/h2,6,9H2,1H3;1-2H3. The maximum atomic E-state index is 10.8. The van der Waals surface area contributed by atoms with Crippen LogP contribution >= 0.6 is 9.39 Å². The van der Waals surface area contributed by atoms with Gasteiger partial charge < -0.3 is 10.4 Å². The van der Waals surface area contributed by atoms with Crippen LogP contribution in [0.1, 0.15) is 20.8 Å². The van der Waals surface area contributed by atoms with Gasteiger partial charge in [0.05, 0.1) is 5.70 Å². The van der Waals surface area contributed by atoms with Gasteiger partial charge in [0.15, 0.2) is 0 Å². The van der Waals surface area contributed by atoms with Crippen LogP contribution in [0.5, 0.6) is 0 Å². The summed E-state index contributed by atoms with van der Waals surface area (Å²) >= 11 is 0. The zero-order chi connectivity index (χ0) is 9.02. The zero-order valence-electron chi connectivity index (χ0n) is 7.22. The average molecular weight is 174 g/mol. The third kappa shape index (κ3) is 2.19. The van der Waals surface area contributed by atoms with Crippen molar-refractivity contribution >= 4 is 15.3 Å². The highest BCUT2D eigenvalue weighted by Gasteiger charge is 2.21. The van der Waals surface area contributed by atoms with Gasteiger partial charge in [0.1, 0.15) is 0 Å². The van der Waals surface area contributed by atoms with Gasteiger partial charge in [-0.2, -0.15) is 0 Å². The molecule has 0 saturated heterocycles. The maximum Gasteiger partial charge on any atom is 0.272 e. The number of carbonyl (C=O) groups excluding carboxylic acids is 1. The third-order valence-electron chi connectivity index (χ3n) is 1.36. The molecule has 0 radical (unpaired) electrons. The number of hydrogen-bond donors (Lipinski definition) is 1. The molecule has 1 rings (SSSR count). The Morgan fingerprint density at radius 3 is 2.09 bits per heavy atom. The largest absolute Gasteiger partial charge is 0.394 e. The van der Waals surface area contributed by atoms with Gasteiger partial charge in [-0.1, -0.05) is 13.8 Å². The summed E-state index contributed by atoms with van der Waals surface area (Å²) in [5.74, 6) is -0.0856. The van der Waals surface area contributed by atoms with Crippen molar-refractivity contribution in [2.45, 2.75) is 20.8 Å². The molecule has 1 aliphatic rings. The smallest absolute Gasteiger partial charge is 0.272 e. The van der Waals surface area contributed by atoms with Crippen molar-refractivity contribution in [1.29, 1.82) is 0 Å². The second-order valence-electron chi connectivity index (χ2n) is 2.13. The first kappa shape index (κ1) is 10.4. The van der Waals surface area contributed by atoms with Gasteiger partial charge in [-0.25, -0.2) is 0 Å². The maximum absolute atomic E-state index is 10.8. The molecular weight excluding hydrogens is 159 g/mol. The Morgan fingerprint density at radius 2 is 2.00 bits per heavy atom. The summed E-state index contributed by atoms with van der Waals surface area (Å²) in [5.41, 5.74) is 6.73. The van der Waals surface area contributed by atoms with E-state index in [4.69, 9.17) is 5.73 Å². The van der Waals surface area contributed by atoms with Crippen molar-refractivity contribution in [3.8, 4) is 0 Å². The minimum atomic E-state index is -0.0856. The summed E-state index contributed by atoms with van der Waals surface area (Å²) in [4.78, 5) is 10.8. The molecule has 11 heavy (non-hydrogen) atoms. The van der Waals surface area contributed by atoms with Crippen LogP contribution < -0.4 is 5.73 Å². The highest BCUT2D eigenvalue weighted by molar-refractivity contribution is 7.14. The molecule has 1 aliphatic heterocycles. The molecule has 0 aromatic carbocycles. The minimum Gasteiger partial charge on any atom is -0.394 e. The second-order valence-corrected chi connectivity index (χ2v) is 2.75. The molecule has 2 N–H and O–H groups in total. The number of nitrogens with zero attached hydrogens (tertiary/aromatic N) is 1. The van der Waals surface area contributed by atoms with Gasteiger partial charge >= 0.3 is 0 Å². The fourth-order valence-corrected chi connectivity index (χ4v) is 1.16. The molecule has 64 valence electrons. The van der Waals surface area contributed by atoms with Crippen LogP contribution in [0.25, 0.3) is 0 Å². The van der Waals surface area contributed by atoms with E-state index in [0.717, 1.165) is 5.57 Å². The van der Waals surface area contributed by atoms with Crippen molar-refractivity contribution in [1.82, 2.24) is 4.67 Å². The van der Waals surface area contributed by atoms with E-state index < -0.39 is 0 Å². The van der Waals surface area contributed by atoms with Gasteiger partial charge in [0.2, 0.25) is 0 Å². The van der Waals surface area contributed by atoms with E-state index in [9.17, 15) is 4.79 Å². The summed E-state index contributed by atoms with van der Waals surface area (Å²) in [7, 11) is 2.32. The van der Waals surface area contributed by atoms with Crippen molar-refractivity contribution in [2.24, 2.45) is 5.73 Å². The highest BCUT2D eigenvalue weighted by Crippen LogP contribution is 2.17. The van der Waals surface area contributed by atoms with E-state index in [1.54, 1.807) is 0 Å². The molecule has 0 aromatic rings. The number of carbonyl (C=O) groups is 1. The molecule has 0 aliphatic carbocycles. The van der Waals surface area contributed by atoms with Gasteiger partial charge in [-0.05, 0) is 21.9 Å². The van der Waals surface area contributed by atoms with Crippen LogP contribution in [0.2, 0.25) is 0 Å². The molecule has 0 fully saturated rings. The average Bonchev–Trinajstić information content (AvgIpc) is 2.22. The van der Waals surface area contributed by atoms with E-state index in [2.05, 4.69) is 9.39 Å². The van der Waals surface area contributed by atoms with E-state index in [-0.39, 0.29) is 5.91 Å². The number of hydrogen-bond acceptors (Lipinski definition) is 2. The Labute approximate surface area is 69.9 Å². The summed E-state index contributed by atoms with van der Waals surface area (Å²) in [6.45, 7) is 6.51. The molecule has 4 heteroatoms. The van der Waals surface area contributed by atoms with Gasteiger partial charge in [0.25, 0.3) is 5.91 Å². The molecule has 0 bridgehead atoms. The van der Waals surface area contributed by atoms with Crippen LogP contribution in [0, 0.1) is 0 Å². The predicted molar refractivity (Wildman–Crippen MR) is 49.7 cm³/mol. The summed E-state index contributed by atoms with van der Waals surface area (Å²) in [6, 6.07) is 0. The molecule has 0 spiro atoms. The number of nitrogens with two attached hydrogens (primary N) is 1. The lowest BCUT2D eigenvalue weighted by Gasteiger charge is -2.05. The normalized spacial score (nSPS) is 16.7. The third-order valence-corrected chi connectivity index (χ3v) is 1.78. The second kappa shape index (κ2) is 4.35. The predicted octanol–water partition coefficient (Wildman–Crippen LogP) is 0.878. The summed E-state index contributed by atoms with van der Waals surface area (Å²) < 4.78 is 1.52. The van der Waals surface area contributed by atoms with Gasteiger partial charge in [0, 0.05) is 6.54 Å². The molecule has 1 unspecified atom stereocenters. The monoisotopic (exact) mass is 174 g/mol. The fourth-order valence-electron chi connectivity index (χ4n) is 0.750. The van der Waals surface area contributed by atoms with Gasteiger partial charge in [-0.3, -0.25) is 4.79 Å². The highest BCUT2D eigenvalue weighted by atomic mass is 31.0. The van der Waals surface area contributed by atoms with Gasteiger partial charge in [-0.15, -0.1) is 0 Å². The molecule has 1 atom stereocenters. The molecule has 1 amide bonds. The summed E-state index contributed by atoms with van der Waals surface area (Å²) in [5, 5.41) is 0. The lowest BCUT2D eigenvalue weighted by Crippen LogP contribution is -2.18. The van der Waals surface area contributed by atoms with Crippen LogP contribution in [-0.4, -0.2) is 17.1 Å². The van der Waals surface area contributed by atoms with Crippen molar-refractivity contribution in [3.63, 3.8) is 0 Å². The zero-order valence-corrected chi connectivity index (χ0v) is 8.37. The topological polar surface area (TPSA) is 46.3 Å². The van der Waals surface area contributed by atoms with Crippen molar-refractivity contribution in [2.75, 3.05) is 6.54 Å². The van der Waals surface area contributed by atoms with Crippen LogP contribution in [0.4, 0.5) is 0 Å². The SMILES string of the molecule is CC.CC1=C(N)C(=O)N(P)C1. The van der Waals surface area contributed by atoms with E-state index >= 15 is 0 Å². The Balaban J connectivity index is 0.000000461. The van der Waals surface area contributed by atoms with E-state index in [0.29, 0.717) is 12.2 Å². The first-order valence-electron chi connectivity index (χ1n) is 3.64. The molecular formula is C7H15N2OP. The quantitative estimate of drug-likeness (QED) is 0.554. The Kier molecular flexibility index (Phi) is 4.12. The molecule has 3 nitrogen and oxygen atoms in total. The van der Waals surface area contributed by atoms with E-state index in [1.165, 1.54) is 4.67 Å². The molecule has 0 aromatic heterocycles. The van der Waals surface area contributed by atoms with Crippen LogP contribution in [0.15, 0.2) is 11.3 Å². The Hall–Kier alpha value is -0.560. The first-order chi connectivity index (χ1) is 5.13. The number of rotatable bonds is 0. The lowest BCUT2D eigenvalue weighted by molar-refractivity contribution is -0.121. The van der Waals surface area contributed by atoms with Crippen molar-refractivity contribution < 1.29 is 4.79 Å². The summed E-state index contributed by atoms with van der Waals surface area (Å²) in [6.07, 6.45) is 0.